The van der Waals surface area contributed by atoms with Gasteiger partial charge >= 0.3 is 5.97 Å². The Balaban J connectivity index is 1.69. The molecule has 9 nitrogen and oxygen atoms in total. The Morgan fingerprint density at radius 2 is 1.62 bits per heavy atom. The standard InChI is InChI=1S/C20H21NO8/c1-11(19(22)21-13-5-6-14-15(9-13)28-10-27-14)29-20(23)12-7-16(24-2)18(26-4)17(8-12)25-3/h5-9,11H,10H2,1-4H3,(H,21,22)/t11-/m0/s1. The van der Waals surface area contributed by atoms with Gasteiger partial charge in [0, 0.05) is 11.8 Å². The van der Waals surface area contributed by atoms with Crippen LogP contribution in [0.3, 0.4) is 0 Å². The average Bonchev–Trinajstić information content (AvgIpc) is 3.20. The molecule has 1 aliphatic heterocycles. The number of amides is 1. The molecule has 0 unspecified atom stereocenters. The number of benzene rings is 2. The van der Waals surface area contributed by atoms with Crippen molar-refractivity contribution in [1.29, 1.82) is 0 Å². The second-order valence-corrected chi connectivity index (χ2v) is 6.02. The van der Waals surface area contributed by atoms with Crippen molar-refractivity contribution in [3.8, 4) is 28.7 Å². The first kappa shape index (κ1) is 20.1. The lowest BCUT2D eigenvalue weighted by Crippen LogP contribution is -2.30. The minimum absolute atomic E-state index is 0.134. The molecule has 0 bridgehead atoms. The molecule has 2 aromatic rings. The Kier molecular flexibility index (Phi) is 5.96. The summed E-state index contributed by atoms with van der Waals surface area (Å²) in [7, 11) is 4.34. The predicted molar refractivity (Wildman–Crippen MR) is 102 cm³/mol. The topological polar surface area (TPSA) is 102 Å². The van der Waals surface area contributed by atoms with E-state index in [-0.39, 0.29) is 12.4 Å². The predicted octanol–water partition coefficient (Wildman–Crippen LogP) is 2.63. The minimum Gasteiger partial charge on any atom is -0.493 e. The number of fused-ring (bicyclic) bond motifs is 1. The largest absolute Gasteiger partial charge is 0.493 e. The van der Waals surface area contributed by atoms with Crippen molar-refractivity contribution < 1.29 is 38.0 Å². The summed E-state index contributed by atoms with van der Waals surface area (Å²) in [5.74, 6) is 0.879. The van der Waals surface area contributed by atoms with Crippen molar-refractivity contribution >= 4 is 17.6 Å². The number of carbonyl (C=O) groups excluding carboxylic acids is 2. The number of hydrogen-bond acceptors (Lipinski definition) is 8. The molecule has 2 aromatic carbocycles. The Hall–Kier alpha value is -3.62. The van der Waals surface area contributed by atoms with Crippen LogP contribution in [0.2, 0.25) is 0 Å². The number of nitrogens with one attached hydrogen (secondary N) is 1. The van der Waals surface area contributed by atoms with Crippen LogP contribution in [0.4, 0.5) is 5.69 Å². The van der Waals surface area contributed by atoms with Crippen molar-refractivity contribution in [1.82, 2.24) is 0 Å². The van der Waals surface area contributed by atoms with E-state index in [0.717, 1.165) is 0 Å². The van der Waals surface area contributed by atoms with E-state index >= 15 is 0 Å². The molecule has 29 heavy (non-hydrogen) atoms. The third kappa shape index (κ3) is 4.29. The maximum absolute atomic E-state index is 12.5. The van der Waals surface area contributed by atoms with Crippen LogP contribution in [0.25, 0.3) is 0 Å². The number of esters is 1. The molecule has 154 valence electrons. The summed E-state index contributed by atoms with van der Waals surface area (Å²) in [4.78, 5) is 24.9. The number of rotatable bonds is 7. The fourth-order valence-corrected chi connectivity index (χ4v) is 2.70. The van der Waals surface area contributed by atoms with E-state index in [1.165, 1.54) is 40.4 Å². The van der Waals surface area contributed by atoms with Crippen LogP contribution in [0.5, 0.6) is 28.7 Å². The number of hydrogen-bond donors (Lipinski definition) is 1. The molecule has 1 amide bonds. The Morgan fingerprint density at radius 3 is 2.24 bits per heavy atom. The molecule has 3 rings (SSSR count). The van der Waals surface area contributed by atoms with Crippen LogP contribution in [-0.2, 0) is 9.53 Å². The summed E-state index contributed by atoms with van der Waals surface area (Å²) in [6.07, 6.45) is -1.05. The van der Waals surface area contributed by atoms with Crippen LogP contribution in [0.15, 0.2) is 30.3 Å². The molecule has 0 aliphatic carbocycles. The second-order valence-electron chi connectivity index (χ2n) is 6.02. The zero-order chi connectivity index (χ0) is 21.0. The van der Waals surface area contributed by atoms with Crippen molar-refractivity contribution in [2.24, 2.45) is 0 Å². The van der Waals surface area contributed by atoms with Crippen molar-refractivity contribution in [2.75, 3.05) is 33.4 Å². The zero-order valence-electron chi connectivity index (χ0n) is 16.4. The van der Waals surface area contributed by atoms with Gasteiger partial charge in [-0.15, -0.1) is 0 Å². The van der Waals surface area contributed by atoms with Gasteiger partial charge in [-0.25, -0.2) is 4.79 Å². The minimum atomic E-state index is -1.05. The molecule has 0 radical (unpaired) electrons. The number of ether oxygens (including phenoxy) is 6. The van der Waals surface area contributed by atoms with Crippen molar-refractivity contribution in [3.05, 3.63) is 35.9 Å². The SMILES string of the molecule is COc1cc(C(=O)O[C@@H](C)C(=O)Nc2ccc3c(c2)OCO3)cc(OC)c1OC. The van der Waals surface area contributed by atoms with E-state index in [9.17, 15) is 9.59 Å². The van der Waals surface area contributed by atoms with E-state index < -0.39 is 18.0 Å². The smallest absolute Gasteiger partial charge is 0.339 e. The lowest BCUT2D eigenvalue weighted by atomic mass is 10.2. The highest BCUT2D eigenvalue weighted by Crippen LogP contribution is 2.38. The number of anilines is 1. The molecule has 9 heteroatoms. The summed E-state index contributed by atoms with van der Waals surface area (Å²) in [5, 5.41) is 2.67. The molecule has 0 saturated carbocycles. The van der Waals surface area contributed by atoms with Crippen LogP contribution in [-0.4, -0.2) is 46.1 Å². The Morgan fingerprint density at radius 1 is 0.966 bits per heavy atom. The van der Waals surface area contributed by atoms with Gasteiger partial charge < -0.3 is 33.7 Å². The summed E-state index contributed by atoms with van der Waals surface area (Å²) in [6.45, 7) is 1.60. The van der Waals surface area contributed by atoms with Gasteiger partial charge in [0.25, 0.3) is 5.91 Å². The molecule has 0 aromatic heterocycles. The monoisotopic (exact) mass is 403 g/mol. The highest BCUT2D eigenvalue weighted by Gasteiger charge is 2.23. The first-order valence-corrected chi connectivity index (χ1v) is 8.68. The van der Waals surface area contributed by atoms with E-state index in [1.54, 1.807) is 18.2 Å². The van der Waals surface area contributed by atoms with E-state index in [4.69, 9.17) is 28.4 Å². The quantitative estimate of drug-likeness (QED) is 0.704. The Bertz CT molecular complexity index is 902. The first-order chi connectivity index (χ1) is 14.0. The third-order valence-electron chi connectivity index (χ3n) is 4.19. The van der Waals surface area contributed by atoms with Crippen LogP contribution in [0, 0.1) is 0 Å². The van der Waals surface area contributed by atoms with Gasteiger partial charge in [-0.3, -0.25) is 4.79 Å². The van der Waals surface area contributed by atoms with E-state index in [1.807, 2.05) is 0 Å². The molecule has 0 fully saturated rings. The summed E-state index contributed by atoms with van der Waals surface area (Å²) in [5.41, 5.74) is 0.650. The summed E-state index contributed by atoms with van der Waals surface area (Å²) < 4.78 is 31.4. The number of methoxy groups -OCH3 is 3. The molecule has 1 atom stereocenters. The van der Waals surface area contributed by atoms with Crippen molar-refractivity contribution in [2.45, 2.75) is 13.0 Å². The molecular formula is C20H21NO8. The van der Waals surface area contributed by atoms with Crippen LogP contribution < -0.4 is 29.0 Å². The first-order valence-electron chi connectivity index (χ1n) is 8.68. The lowest BCUT2D eigenvalue weighted by Gasteiger charge is -2.16. The van der Waals surface area contributed by atoms with Gasteiger partial charge in [-0.1, -0.05) is 0 Å². The summed E-state index contributed by atoms with van der Waals surface area (Å²) >= 11 is 0. The molecule has 1 aliphatic rings. The van der Waals surface area contributed by atoms with Crippen LogP contribution >= 0.6 is 0 Å². The van der Waals surface area contributed by atoms with Gasteiger partial charge in [0.2, 0.25) is 12.5 Å². The molecular weight excluding hydrogens is 382 g/mol. The van der Waals surface area contributed by atoms with Gasteiger partial charge in [0.05, 0.1) is 26.9 Å². The van der Waals surface area contributed by atoms with Crippen LogP contribution in [0.1, 0.15) is 17.3 Å². The van der Waals surface area contributed by atoms with E-state index in [0.29, 0.717) is 34.4 Å². The lowest BCUT2D eigenvalue weighted by molar-refractivity contribution is -0.123. The fourth-order valence-electron chi connectivity index (χ4n) is 2.70. The molecule has 0 spiro atoms. The van der Waals surface area contributed by atoms with E-state index in [2.05, 4.69) is 5.32 Å². The van der Waals surface area contributed by atoms with Gasteiger partial charge in [0.1, 0.15) is 0 Å². The second kappa shape index (κ2) is 8.59. The Labute approximate surface area is 167 Å². The van der Waals surface area contributed by atoms with Gasteiger partial charge in [0.15, 0.2) is 29.1 Å². The fraction of sp³-hybridized carbons (Fsp3) is 0.300. The molecule has 0 saturated heterocycles. The maximum atomic E-state index is 12.5. The average molecular weight is 403 g/mol. The maximum Gasteiger partial charge on any atom is 0.339 e. The summed E-state index contributed by atoms with van der Waals surface area (Å²) in [6, 6.07) is 7.88. The highest BCUT2D eigenvalue weighted by atomic mass is 16.7. The normalized spacial score (nSPS) is 12.7. The van der Waals surface area contributed by atoms with Crippen molar-refractivity contribution in [3.63, 3.8) is 0 Å². The molecule has 1 N–H and O–H groups in total. The zero-order valence-corrected chi connectivity index (χ0v) is 16.4. The highest BCUT2D eigenvalue weighted by molar-refractivity contribution is 5.98. The molecule has 1 heterocycles. The number of carbonyl (C=O) groups is 2. The van der Waals surface area contributed by atoms with Gasteiger partial charge in [-0.05, 0) is 31.2 Å². The third-order valence-corrected chi connectivity index (χ3v) is 4.19. The van der Waals surface area contributed by atoms with Gasteiger partial charge in [-0.2, -0.15) is 0 Å².